The average molecular weight is 605 g/mol. The third kappa shape index (κ3) is 9.31. The molecule has 1 saturated heterocycles. The fourth-order valence-electron chi connectivity index (χ4n) is 3.94. The number of hydrogen-bond acceptors (Lipinski definition) is 4. The number of carbonyl (C=O) groups is 3. The highest BCUT2D eigenvalue weighted by molar-refractivity contribution is 6.42. The predicted molar refractivity (Wildman–Crippen MR) is 152 cm³/mol. The van der Waals surface area contributed by atoms with Gasteiger partial charge >= 0.3 is 12.1 Å². The molecule has 4 rings (SSSR count). The van der Waals surface area contributed by atoms with Gasteiger partial charge in [0, 0.05) is 24.2 Å². The van der Waals surface area contributed by atoms with Crippen LogP contribution < -0.4 is 5.73 Å². The summed E-state index contributed by atoms with van der Waals surface area (Å²) in [7, 11) is 0. The Morgan fingerprint density at radius 1 is 0.878 bits per heavy atom. The Kier molecular flexibility index (Phi) is 10.9. The normalized spacial score (nSPS) is 16.2. The number of Topliss-reactive ketones (excluding diaryl/α,β-unsaturated/α-hetero) is 1. The van der Waals surface area contributed by atoms with Crippen LogP contribution in [0.15, 0.2) is 90.0 Å². The van der Waals surface area contributed by atoms with Crippen molar-refractivity contribution >= 4 is 53.0 Å². The summed E-state index contributed by atoms with van der Waals surface area (Å²) in [6, 6.07) is 23.7. The number of carboxylic acid groups (broad SMARTS) is 1. The number of piperidine rings is 1. The van der Waals surface area contributed by atoms with Gasteiger partial charge in [0.2, 0.25) is 5.91 Å². The van der Waals surface area contributed by atoms with E-state index >= 15 is 0 Å². The molecule has 1 atom stereocenters. The van der Waals surface area contributed by atoms with Gasteiger partial charge in [-0.2, -0.15) is 13.2 Å². The van der Waals surface area contributed by atoms with E-state index in [0.717, 1.165) is 16.7 Å². The van der Waals surface area contributed by atoms with Crippen molar-refractivity contribution in [2.24, 2.45) is 5.73 Å². The first-order chi connectivity index (χ1) is 19.3. The summed E-state index contributed by atoms with van der Waals surface area (Å²) in [6.07, 6.45) is -1.08. The highest BCUT2D eigenvalue weighted by Gasteiger charge is 2.38. The molecule has 0 aliphatic carbocycles. The van der Waals surface area contributed by atoms with E-state index in [-0.39, 0.29) is 24.8 Å². The third-order valence-electron chi connectivity index (χ3n) is 5.90. The minimum atomic E-state index is -5.08. The van der Waals surface area contributed by atoms with Gasteiger partial charge in [-0.05, 0) is 47.4 Å². The minimum absolute atomic E-state index is 0.101. The molecular weight excluding hydrogens is 580 g/mol. The van der Waals surface area contributed by atoms with Crippen molar-refractivity contribution in [2.45, 2.75) is 18.6 Å². The Bertz CT molecular complexity index is 1460. The molecule has 1 amide bonds. The summed E-state index contributed by atoms with van der Waals surface area (Å²) in [5.41, 5.74) is 9.94. The van der Waals surface area contributed by atoms with Crippen LogP contribution in [0.5, 0.6) is 0 Å². The molecule has 1 heterocycles. The van der Waals surface area contributed by atoms with Crippen LogP contribution in [0.4, 0.5) is 13.2 Å². The first-order valence-electron chi connectivity index (χ1n) is 12.2. The number of rotatable bonds is 5. The van der Waals surface area contributed by atoms with Gasteiger partial charge in [-0.25, -0.2) is 4.79 Å². The highest BCUT2D eigenvalue weighted by Crippen LogP contribution is 2.27. The lowest BCUT2D eigenvalue weighted by Gasteiger charge is -2.32. The summed E-state index contributed by atoms with van der Waals surface area (Å²) in [5.74, 6) is -3.06. The number of nitrogens with two attached hydrogens (primary N) is 1. The summed E-state index contributed by atoms with van der Waals surface area (Å²) >= 11 is 12.2. The molecule has 3 aromatic rings. The molecule has 3 aromatic carbocycles. The number of benzene rings is 3. The Morgan fingerprint density at radius 3 is 1.90 bits per heavy atom. The molecule has 1 aliphatic rings. The van der Waals surface area contributed by atoms with E-state index in [2.05, 4.69) is 0 Å². The van der Waals surface area contributed by atoms with Gasteiger partial charge < -0.3 is 15.7 Å². The summed E-state index contributed by atoms with van der Waals surface area (Å²) < 4.78 is 31.7. The topological polar surface area (TPSA) is 101 Å². The Hall–Kier alpha value is -3.92. The van der Waals surface area contributed by atoms with E-state index in [1.165, 1.54) is 0 Å². The number of likely N-dealkylation sites (tertiary alicyclic amines) is 1. The summed E-state index contributed by atoms with van der Waals surface area (Å²) in [4.78, 5) is 37.2. The Balaban J connectivity index is 0.000000587. The maximum Gasteiger partial charge on any atom is 0.490 e. The van der Waals surface area contributed by atoms with Gasteiger partial charge in [-0.3, -0.25) is 9.59 Å². The second kappa shape index (κ2) is 14.1. The minimum Gasteiger partial charge on any atom is -0.475 e. The van der Waals surface area contributed by atoms with Gasteiger partial charge in [-0.1, -0.05) is 89.9 Å². The second-order valence-corrected chi connectivity index (χ2v) is 9.86. The molecule has 214 valence electrons. The molecule has 1 fully saturated rings. The number of carbonyl (C=O) groups excluding carboxylic acids is 2. The van der Waals surface area contributed by atoms with Crippen molar-refractivity contribution in [1.29, 1.82) is 0 Å². The summed E-state index contributed by atoms with van der Waals surface area (Å²) in [6.45, 7) is 0.375. The molecular formula is C30H25Cl2F3N2O4. The Morgan fingerprint density at radius 2 is 1.39 bits per heavy atom. The lowest BCUT2D eigenvalue weighted by atomic mass is 9.93. The van der Waals surface area contributed by atoms with Gasteiger partial charge in [0.1, 0.15) is 0 Å². The zero-order chi connectivity index (χ0) is 30.2. The van der Waals surface area contributed by atoms with E-state index in [1.807, 2.05) is 66.7 Å². The van der Waals surface area contributed by atoms with Crippen LogP contribution in [0.3, 0.4) is 0 Å². The van der Waals surface area contributed by atoms with Gasteiger partial charge in [-0.15, -0.1) is 0 Å². The number of aliphatic carboxylic acids is 1. The third-order valence-corrected chi connectivity index (χ3v) is 6.64. The maximum absolute atomic E-state index is 13.4. The van der Waals surface area contributed by atoms with E-state index in [1.54, 1.807) is 29.2 Å². The standard InChI is InChI=1S/C28H24Cl2N2O2.C2HF3O2/c29-24-12-11-21(15-25(24)30)14-23-18-32(28(34)26(31)16-20-9-5-2-6-10-20)17-22(27(23)33)13-19-7-3-1-4-8-19;3-2(4,5)1(6)7/h1-15,26H,16-18,31H2;(H,6,7)/b22-13+,23-14+;/t26-;/m0./s1. The average Bonchev–Trinajstić information content (AvgIpc) is 2.93. The number of amides is 1. The number of hydrogen-bond donors (Lipinski definition) is 2. The molecule has 0 unspecified atom stereocenters. The monoisotopic (exact) mass is 604 g/mol. The number of halogens is 5. The van der Waals surface area contributed by atoms with Crippen molar-refractivity contribution in [3.8, 4) is 0 Å². The molecule has 1 aliphatic heterocycles. The largest absolute Gasteiger partial charge is 0.490 e. The molecule has 11 heteroatoms. The molecule has 0 aromatic heterocycles. The van der Waals surface area contributed by atoms with Crippen LogP contribution in [0, 0.1) is 0 Å². The zero-order valence-corrected chi connectivity index (χ0v) is 23.0. The first kappa shape index (κ1) is 31.6. The number of nitrogens with zero attached hydrogens (tertiary/aromatic N) is 1. The van der Waals surface area contributed by atoms with E-state index in [0.29, 0.717) is 27.6 Å². The number of carboxylic acids is 1. The van der Waals surface area contributed by atoms with Crippen LogP contribution in [-0.4, -0.2) is 53.0 Å². The van der Waals surface area contributed by atoms with Crippen molar-refractivity contribution in [3.05, 3.63) is 117 Å². The SMILES string of the molecule is N[C@@H](Cc1ccccc1)C(=O)N1C/C(=C\c2ccccc2)C(=O)/C(=C/c2ccc(Cl)c(Cl)c2)C1.O=C(O)C(F)(F)F. The summed E-state index contributed by atoms with van der Waals surface area (Å²) in [5, 5.41) is 7.96. The van der Waals surface area contributed by atoms with Gasteiger partial charge in [0.25, 0.3) is 0 Å². The van der Waals surface area contributed by atoms with Crippen molar-refractivity contribution < 1.29 is 32.7 Å². The second-order valence-electron chi connectivity index (χ2n) is 9.05. The van der Waals surface area contributed by atoms with E-state index < -0.39 is 18.2 Å². The number of ketones is 1. The molecule has 3 N–H and O–H groups in total. The fraction of sp³-hybridized carbons (Fsp3) is 0.167. The quantitative estimate of drug-likeness (QED) is 0.344. The maximum atomic E-state index is 13.4. The lowest BCUT2D eigenvalue weighted by molar-refractivity contribution is -0.192. The van der Waals surface area contributed by atoms with Crippen molar-refractivity contribution in [2.75, 3.05) is 13.1 Å². The van der Waals surface area contributed by atoms with Crippen molar-refractivity contribution in [3.63, 3.8) is 0 Å². The van der Waals surface area contributed by atoms with Crippen LogP contribution >= 0.6 is 23.2 Å². The predicted octanol–water partition coefficient (Wildman–Crippen LogP) is 6.08. The van der Waals surface area contributed by atoms with Crippen LogP contribution in [0.2, 0.25) is 10.0 Å². The molecule has 0 spiro atoms. The van der Waals surface area contributed by atoms with Crippen LogP contribution in [-0.2, 0) is 20.8 Å². The number of alkyl halides is 3. The molecule has 6 nitrogen and oxygen atoms in total. The van der Waals surface area contributed by atoms with Crippen LogP contribution in [0.25, 0.3) is 12.2 Å². The lowest BCUT2D eigenvalue weighted by Crippen LogP contribution is -2.49. The first-order valence-corrected chi connectivity index (χ1v) is 12.9. The van der Waals surface area contributed by atoms with Gasteiger partial charge in [0.05, 0.1) is 16.1 Å². The van der Waals surface area contributed by atoms with E-state index in [4.69, 9.17) is 38.8 Å². The molecule has 0 radical (unpaired) electrons. The smallest absolute Gasteiger partial charge is 0.475 e. The molecule has 0 saturated carbocycles. The zero-order valence-electron chi connectivity index (χ0n) is 21.4. The highest BCUT2D eigenvalue weighted by atomic mass is 35.5. The van der Waals surface area contributed by atoms with E-state index in [9.17, 15) is 22.8 Å². The van der Waals surface area contributed by atoms with Crippen LogP contribution in [0.1, 0.15) is 16.7 Å². The fourth-order valence-corrected chi connectivity index (χ4v) is 4.25. The Labute approximate surface area is 244 Å². The molecule has 41 heavy (non-hydrogen) atoms. The molecule has 0 bridgehead atoms. The van der Waals surface area contributed by atoms with Crippen molar-refractivity contribution in [1.82, 2.24) is 4.90 Å². The van der Waals surface area contributed by atoms with Gasteiger partial charge in [0.15, 0.2) is 5.78 Å².